The number of aliphatic hydroxyl groups is 1. The van der Waals surface area contributed by atoms with Gasteiger partial charge in [0.2, 0.25) is 0 Å². The van der Waals surface area contributed by atoms with Crippen molar-refractivity contribution in [2.45, 2.75) is 25.7 Å². The van der Waals surface area contributed by atoms with E-state index < -0.39 is 11.3 Å². The number of Topliss-reactive ketones (excluding diaryl/α,β-unsaturated/α-hetero) is 2. The van der Waals surface area contributed by atoms with Gasteiger partial charge in [-0.25, -0.2) is 0 Å². The van der Waals surface area contributed by atoms with Crippen LogP contribution in [0.4, 0.5) is 0 Å². The molecule has 2 aromatic rings. The van der Waals surface area contributed by atoms with E-state index in [9.17, 15) is 14.7 Å². The number of hydrogen-bond acceptors (Lipinski definition) is 3. The monoisotopic (exact) mass is 330 g/mol. The molecule has 0 heterocycles. The van der Waals surface area contributed by atoms with Gasteiger partial charge in [0.15, 0.2) is 11.6 Å². The Morgan fingerprint density at radius 1 is 0.960 bits per heavy atom. The predicted octanol–water partition coefficient (Wildman–Crippen LogP) is 3.88. The van der Waals surface area contributed by atoms with Crippen molar-refractivity contribution in [2.24, 2.45) is 11.3 Å². The molecule has 3 nitrogen and oxygen atoms in total. The number of benzene rings is 2. The van der Waals surface area contributed by atoms with Gasteiger partial charge < -0.3 is 5.11 Å². The van der Waals surface area contributed by atoms with E-state index in [1.54, 1.807) is 0 Å². The van der Waals surface area contributed by atoms with Gasteiger partial charge in [0.1, 0.15) is 5.76 Å². The molecule has 1 N–H and O–H groups in total. The lowest BCUT2D eigenvalue weighted by molar-refractivity contribution is -0.124. The van der Waals surface area contributed by atoms with Gasteiger partial charge in [-0.05, 0) is 29.2 Å². The molecular formula is C22H18O3. The molecule has 3 heteroatoms. The second-order valence-electron chi connectivity index (χ2n) is 7.57. The van der Waals surface area contributed by atoms with Crippen LogP contribution in [-0.4, -0.2) is 16.7 Å². The molecule has 0 unspecified atom stereocenters. The minimum absolute atomic E-state index is 0.00288. The number of carbonyl (C=O) groups excluding carboxylic acids is 2. The average molecular weight is 330 g/mol. The molecule has 4 aliphatic rings. The highest BCUT2D eigenvalue weighted by Gasteiger charge is 2.65. The lowest BCUT2D eigenvalue weighted by atomic mass is 9.48. The van der Waals surface area contributed by atoms with Crippen LogP contribution in [0.5, 0.6) is 0 Å². The smallest absolute Gasteiger partial charge is 0.174 e. The van der Waals surface area contributed by atoms with Crippen LogP contribution in [0.2, 0.25) is 0 Å². The minimum atomic E-state index is -0.758. The number of allylic oxidation sites excluding steroid dienone is 2. The molecule has 124 valence electrons. The average Bonchev–Trinajstić information content (AvgIpc) is 2.81. The summed E-state index contributed by atoms with van der Waals surface area (Å²) >= 11 is 0. The highest BCUT2D eigenvalue weighted by atomic mass is 16.3. The SMILES string of the molecule is CC(=O)C1=C(O)[C@@]2(C)C3c4ccccc4C(c4ccccc43)[C@H]2C1=O. The van der Waals surface area contributed by atoms with E-state index in [-0.39, 0.29) is 34.7 Å². The fourth-order valence-corrected chi connectivity index (χ4v) is 5.57. The summed E-state index contributed by atoms with van der Waals surface area (Å²) in [6.45, 7) is 3.32. The first-order chi connectivity index (χ1) is 12.0. The maximum Gasteiger partial charge on any atom is 0.174 e. The molecule has 4 aliphatic carbocycles. The molecule has 2 aromatic carbocycles. The van der Waals surface area contributed by atoms with Gasteiger partial charge in [-0.15, -0.1) is 0 Å². The number of ketones is 2. The second kappa shape index (κ2) is 4.48. The van der Waals surface area contributed by atoms with Crippen LogP contribution in [0.3, 0.4) is 0 Å². The van der Waals surface area contributed by atoms with Crippen LogP contribution in [0, 0.1) is 11.3 Å². The third-order valence-corrected chi connectivity index (χ3v) is 6.49. The van der Waals surface area contributed by atoms with Crippen LogP contribution >= 0.6 is 0 Å². The van der Waals surface area contributed by atoms with Gasteiger partial charge in [-0.3, -0.25) is 9.59 Å². The van der Waals surface area contributed by atoms with Crippen molar-refractivity contribution in [3.05, 3.63) is 82.1 Å². The Morgan fingerprint density at radius 2 is 1.44 bits per heavy atom. The van der Waals surface area contributed by atoms with Crippen LogP contribution in [0.1, 0.15) is 47.9 Å². The summed E-state index contributed by atoms with van der Waals surface area (Å²) in [4.78, 5) is 25.3. The molecule has 0 aliphatic heterocycles. The lowest BCUT2D eigenvalue weighted by Crippen LogP contribution is -2.48. The minimum Gasteiger partial charge on any atom is -0.511 e. The second-order valence-corrected chi connectivity index (χ2v) is 7.57. The standard InChI is InChI=1S/C22H18O3/c1-11(23)16-20(24)19-17-12-7-3-5-9-14(12)18(22(19,2)21(16)25)15-10-6-4-8-13(15)17/h3-10,17-19,25H,1-2H3/t17?,18?,19-,22-/m0/s1. The fourth-order valence-electron chi connectivity index (χ4n) is 5.57. The van der Waals surface area contributed by atoms with E-state index in [0.717, 1.165) is 22.3 Å². The summed E-state index contributed by atoms with van der Waals surface area (Å²) in [6, 6.07) is 16.4. The molecular weight excluding hydrogens is 312 g/mol. The van der Waals surface area contributed by atoms with E-state index in [1.165, 1.54) is 6.92 Å². The van der Waals surface area contributed by atoms with Crippen LogP contribution in [0.15, 0.2) is 59.9 Å². The molecule has 6 rings (SSSR count). The summed E-state index contributed by atoms with van der Waals surface area (Å²) in [5, 5.41) is 11.0. The van der Waals surface area contributed by atoms with E-state index in [2.05, 4.69) is 24.3 Å². The molecule has 2 atom stereocenters. The van der Waals surface area contributed by atoms with Crippen molar-refractivity contribution >= 4 is 11.6 Å². The van der Waals surface area contributed by atoms with E-state index >= 15 is 0 Å². The van der Waals surface area contributed by atoms with E-state index in [4.69, 9.17) is 0 Å². The number of rotatable bonds is 1. The first-order valence-corrected chi connectivity index (χ1v) is 8.64. The van der Waals surface area contributed by atoms with Crippen LogP contribution in [-0.2, 0) is 9.59 Å². The van der Waals surface area contributed by atoms with Gasteiger partial charge >= 0.3 is 0 Å². The van der Waals surface area contributed by atoms with E-state index in [0.29, 0.717) is 0 Å². The van der Waals surface area contributed by atoms with E-state index in [1.807, 2.05) is 31.2 Å². The Bertz CT molecular complexity index is 952. The molecule has 25 heavy (non-hydrogen) atoms. The summed E-state index contributed by atoms with van der Waals surface area (Å²) in [7, 11) is 0. The molecule has 0 saturated heterocycles. The highest BCUT2D eigenvalue weighted by molar-refractivity contribution is 6.23. The molecule has 2 bridgehead atoms. The quantitative estimate of drug-likeness (QED) is 0.807. The Balaban J connectivity index is 1.89. The predicted molar refractivity (Wildman–Crippen MR) is 93.5 cm³/mol. The van der Waals surface area contributed by atoms with Gasteiger partial charge in [0, 0.05) is 23.2 Å². The van der Waals surface area contributed by atoms with Crippen molar-refractivity contribution in [1.29, 1.82) is 0 Å². The third-order valence-electron chi connectivity index (χ3n) is 6.49. The summed E-state index contributed by atoms with van der Waals surface area (Å²) in [5.41, 5.74) is 3.87. The lowest BCUT2D eigenvalue weighted by Gasteiger charge is -2.53. The Hall–Kier alpha value is -2.68. The molecule has 0 radical (unpaired) electrons. The first kappa shape index (κ1) is 14.6. The third kappa shape index (κ3) is 1.48. The zero-order chi connectivity index (χ0) is 17.5. The Morgan fingerprint density at radius 3 is 1.92 bits per heavy atom. The van der Waals surface area contributed by atoms with Gasteiger partial charge in [0.25, 0.3) is 0 Å². The van der Waals surface area contributed by atoms with Crippen molar-refractivity contribution in [3.8, 4) is 0 Å². The summed E-state index contributed by atoms with van der Waals surface area (Å²) in [6.07, 6.45) is 0. The van der Waals surface area contributed by atoms with Crippen molar-refractivity contribution < 1.29 is 14.7 Å². The normalized spacial score (nSPS) is 31.6. The summed E-state index contributed by atoms with van der Waals surface area (Å²) in [5.74, 6) is -1.21. The van der Waals surface area contributed by atoms with Crippen molar-refractivity contribution in [2.75, 3.05) is 0 Å². The van der Waals surface area contributed by atoms with Crippen LogP contribution < -0.4 is 0 Å². The number of hydrogen-bond donors (Lipinski definition) is 1. The number of carbonyl (C=O) groups is 2. The van der Waals surface area contributed by atoms with Crippen molar-refractivity contribution in [1.82, 2.24) is 0 Å². The topological polar surface area (TPSA) is 54.4 Å². The molecule has 0 aromatic heterocycles. The van der Waals surface area contributed by atoms with Crippen LogP contribution in [0.25, 0.3) is 0 Å². The van der Waals surface area contributed by atoms with Gasteiger partial charge in [-0.2, -0.15) is 0 Å². The maximum absolute atomic E-state index is 13.2. The van der Waals surface area contributed by atoms with Crippen molar-refractivity contribution in [3.63, 3.8) is 0 Å². The zero-order valence-electron chi connectivity index (χ0n) is 14.1. The highest BCUT2D eigenvalue weighted by Crippen LogP contribution is 2.68. The van der Waals surface area contributed by atoms with Gasteiger partial charge in [0.05, 0.1) is 5.57 Å². The first-order valence-electron chi connectivity index (χ1n) is 8.64. The molecule has 0 spiro atoms. The molecule has 0 amide bonds. The number of aliphatic hydroxyl groups excluding tert-OH is 1. The zero-order valence-corrected chi connectivity index (χ0v) is 14.1. The Labute approximate surface area is 146 Å². The largest absolute Gasteiger partial charge is 0.511 e. The fraction of sp³-hybridized carbons (Fsp3) is 0.273. The molecule has 0 fully saturated rings. The summed E-state index contributed by atoms with van der Waals surface area (Å²) < 4.78 is 0. The molecule has 0 saturated carbocycles. The van der Waals surface area contributed by atoms with Gasteiger partial charge in [-0.1, -0.05) is 55.5 Å². The maximum atomic E-state index is 13.2. The Kier molecular flexibility index (Phi) is 2.63.